The Labute approximate surface area is 194 Å². The molecule has 0 spiro atoms. The second kappa shape index (κ2) is 9.14. The number of fused-ring (bicyclic) bond motifs is 1. The maximum Gasteiger partial charge on any atom is 0.252 e. The third-order valence-corrected chi connectivity index (χ3v) is 5.53. The summed E-state index contributed by atoms with van der Waals surface area (Å²) >= 11 is 0. The van der Waals surface area contributed by atoms with Crippen LogP contribution in [-0.2, 0) is 18.4 Å². The standard InChI is InChI=1S/C24H24F2N6O2/c1-12-10-32(3)31-21(12)13(2)29-22-17-7-16(15-6-5-14(11-34-4)30-23(15)26)19(25)8-20(17)28-9-18(22)24(27)33/h5-10,13H,11H2,1-4H3,(H2,27,33)(H,28,29)/t13-/m0/s1. The fraction of sp³-hybridized carbons (Fsp3) is 0.250. The van der Waals surface area contributed by atoms with Crippen LogP contribution in [0.25, 0.3) is 22.0 Å². The number of halogens is 2. The molecule has 4 rings (SSSR count). The van der Waals surface area contributed by atoms with Crippen LogP contribution in [0.5, 0.6) is 0 Å². The summed E-state index contributed by atoms with van der Waals surface area (Å²) in [4.78, 5) is 20.2. The largest absolute Gasteiger partial charge is 0.378 e. The van der Waals surface area contributed by atoms with Gasteiger partial charge >= 0.3 is 0 Å². The van der Waals surface area contributed by atoms with Crippen molar-refractivity contribution >= 4 is 22.5 Å². The Morgan fingerprint density at radius 3 is 2.65 bits per heavy atom. The number of nitrogens with two attached hydrogens (primary N) is 1. The first kappa shape index (κ1) is 23.2. The minimum Gasteiger partial charge on any atom is -0.378 e. The van der Waals surface area contributed by atoms with Gasteiger partial charge in [0.2, 0.25) is 5.95 Å². The fourth-order valence-corrected chi connectivity index (χ4v) is 4.00. The minimum atomic E-state index is -0.834. The summed E-state index contributed by atoms with van der Waals surface area (Å²) in [7, 11) is 3.29. The van der Waals surface area contributed by atoms with Gasteiger partial charge in [0.05, 0.1) is 40.8 Å². The summed E-state index contributed by atoms with van der Waals surface area (Å²) in [5.74, 6) is -2.21. The van der Waals surface area contributed by atoms with Crippen LogP contribution in [0.4, 0.5) is 14.5 Å². The third-order valence-electron chi connectivity index (χ3n) is 5.53. The molecular formula is C24H24F2N6O2. The van der Waals surface area contributed by atoms with Crippen LogP contribution in [0.3, 0.4) is 0 Å². The van der Waals surface area contributed by atoms with E-state index in [1.54, 1.807) is 10.7 Å². The van der Waals surface area contributed by atoms with Crippen LogP contribution < -0.4 is 11.1 Å². The Hall–Kier alpha value is -3.92. The number of carbonyl (C=O) groups excluding carboxylic acids is 1. The highest BCUT2D eigenvalue weighted by Crippen LogP contribution is 2.35. The van der Waals surface area contributed by atoms with Gasteiger partial charge in [-0.1, -0.05) is 0 Å². The van der Waals surface area contributed by atoms with Crippen molar-refractivity contribution in [3.63, 3.8) is 0 Å². The Bertz CT molecular complexity index is 1400. The molecule has 0 aliphatic carbocycles. The van der Waals surface area contributed by atoms with Gasteiger partial charge in [-0.05, 0) is 37.6 Å². The lowest BCUT2D eigenvalue weighted by atomic mass is 10.00. The third kappa shape index (κ3) is 4.32. The van der Waals surface area contributed by atoms with Crippen molar-refractivity contribution in [3.8, 4) is 11.1 Å². The number of anilines is 1. The van der Waals surface area contributed by atoms with Crippen LogP contribution >= 0.6 is 0 Å². The smallest absolute Gasteiger partial charge is 0.252 e. The van der Waals surface area contributed by atoms with Crippen molar-refractivity contribution in [2.75, 3.05) is 12.4 Å². The van der Waals surface area contributed by atoms with E-state index in [9.17, 15) is 9.18 Å². The molecule has 1 aromatic carbocycles. The number of carbonyl (C=O) groups is 1. The summed E-state index contributed by atoms with van der Waals surface area (Å²) in [6, 6.07) is 5.33. The summed E-state index contributed by atoms with van der Waals surface area (Å²) in [5, 5.41) is 8.16. The maximum absolute atomic E-state index is 15.0. The van der Waals surface area contributed by atoms with Crippen LogP contribution in [0.15, 0.2) is 36.7 Å². The van der Waals surface area contributed by atoms with Gasteiger partial charge in [0.1, 0.15) is 5.82 Å². The molecule has 0 aliphatic rings. The van der Waals surface area contributed by atoms with Crippen LogP contribution in [0.2, 0.25) is 0 Å². The quantitative estimate of drug-likeness (QED) is 0.398. The second-order valence-electron chi connectivity index (χ2n) is 8.07. The van der Waals surface area contributed by atoms with E-state index in [1.165, 1.54) is 31.5 Å². The highest BCUT2D eigenvalue weighted by molar-refractivity contribution is 6.07. The molecule has 0 bridgehead atoms. The van der Waals surface area contributed by atoms with E-state index >= 15 is 4.39 Å². The summed E-state index contributed by atoms with van der Waals surface area (Å²) in [6.45, 7) is 3.94. The maximum atomic E-state index is 15.0. The zero-order chi connectivity index (χ0) is 24.6. The molecule has 0 saturated carbocycles. The number of hydrogen-bond acceptors (Lipinski definition) is 6. The van der Waals surface area contributed by atoms with Gasteiger partial charge in [-0.15, -0.1) is 0 Å². The number of amides is 1. The first-order valence-corrected chi connectivity index (χ1v) is 10.5. The normalized spacial score (nSPS) is 12.2. The van der Waals surface area contributed by atoms with Gasteiger partial charge in [-0.3, -0.25) is 14.5 Å². The molecule has 176 valence electrons. The Balaban J connectivity index is 1.88. The Morgan fingerprint density at radius 2 is 2.03 bits per heavy atom. The van der Waals surface area contributed by atoms with E-state index in [1.807, 2.05) is 27.1 Å². The summed E-state index contributed by atoms with van der Waals surface area (Å²) in [6.07, 6.45) is 3.18. The number of nitrogens with zero attached hydrogens (tertiary/aromatic N) is 4. The first-order valence-electron chi connectivity index (χ1n) is 10.5. The lowest BCUT2D eigenvalue weighted by Crippen LogP contribution is -2.17. The lowest BCUT2D eigenvalue weighted by Gasteiger charge is -2.19. The Morgan fingerprint density at radius 1 is 1.26 bits per heavy atom. The SMILES string of the molecule is COCc1ccc(-c2cc3c(N[C@@H](C)c4nn(C)cc4C)c(C(N)=O)cnc3cc2F)c(F)n1. The number of methoxy groups -OCH3 is 1. The molecule has 0 aliphatic heterocycles. The topological polar surface area (TPSA) is 108 Å². The molecule has 3 aromatic heterocycles. The van der Waals surface area contributed by atoms with Gasteiger partial charge in [0.15, 0.2) is 0 Å². The van der Waals surface area contributed by atoms with Gasteiger partial charge in [-0.2, -0.15) is 9.49 Å². The number of pyridine rings is 2. The van der Waals surface area contributed by atoms with E-state index in [2.05, 4.69) is 20.4 Å². The molecule has 0 radical (unpaired) electrons. The number of nitrogens with one attached hydrogen (secondary N) is 1. The van der Waals surface area contributed by atoms with E-state index in [4.69, 9.17) is 10.5 Å². The van der Waals surface area contributed by atoms with Crippen molar-refractivity contribution < 1.29 is 18.3 Å². The zero-order valence-corrected chi connectivity index (χ0v) is 19.2. The highest BCUT2D eigenvalue weighted by Gasteiger charge is 2.21. The van der Waals surface area contributed by atoms with Crippen molar-refractivity contribution in [1.29, 1.82) is 0 Å². The van der Waals surface area contributed by atoms with E-state index in [0.717, 1.165) is 11.3 Å². The number of benzene rings is 1. The number of aromatic nitrogens is 4. The molecule has 0 fully saturated rings. The number of primary amides is 1. The minimum absolute atomic E-state index is 0.0189. The van der Waals surface area contributed by atoms with Gasteiger partial charge in [-0.25, -0.2) is 9.37 Å². The molecule has 0 saturated heterocycles. The number of hydrogen-bond donors (Lipinski definition) is 2. The van der Waals surface area contributed by atoms with Crippen molar-refractivity contribution in [3.05, 3.63) is 70.9 Å². The van der Waals surface area contributed by atoms with Gasteiger partial charge in [0, 0.05) is 49.1 Å². The molecule has 1 amide bonds. The van der Waals surface area contributed by atoms with Crippen LogP contribution in [0.1, 0.15) is 40.3 Å². The lowest BCUT2D eigenvalue weighted by molar-refractivity contribution is 0.100. The predicted molar refractivity (Wildman–Crippen MR) is 124 cm³/mol. The average Bonchev–Trinajstić information content (AvgIpc) is 3.12. The van der Waals surface area contributed by atoms with Crippen molar-refractivity contribution in [2.45, 2.75) is 26.5 Å². The molecular weight excluding hydrogens is 442 g/mol. The van der Waals surface area contributed by atoms with E-state index in [0.29, 0.717) is 16.8 Å². The number of rotatable bonds is 7. The molecule has 1 atom stereocenters. The monoisotopic (exact) mass is 466 g/mol. The Kier molecular flexibility index (Phi) is 6.25. The molecule has 3 N–H and O–H groups in total. The summed E-state index contributed by atoms with van der Waals surface area (Å²) < 4.78 is 36.5. The van der Waals surface area contributed by atoms with E-state index < -0.39 is 17.7 Å². The van der Waals surface area contributed by atoms with E-state index in [-0.39, 0.29) is 34.9 Å². The van der Waals surface area contributed by atoms with Crippen LogP contribution in [0, 0.1) is 18.7 Å². The molecule has 10 heteroatoms. The molecule has 4 aromatic rings. The summed E-state index contributed by atoms with van der Waals surface area (Å²) in [5.41, 5.74) is 8.44. The number of ether oxygens (including phenoxy) is 1. The molecule has 0 unspecified atom stereocenters. The van der Waals surface area contributed by atoms with Gasteiger partial charge < -0.3 is 15.8 Å². The number of aryl methyl sites for hydroxylation is 2. The van der Waals surface area contributed by atoms with Gasteiger partial charge in [0.25, 0.3) is 5.91 Å². The fourth-order valence-electron chi connectivity index (χ4n) is 4.00. The molecule has 8 nitrogen and oxygen atoms in total. The van der Waals surface area contributed by atoms with Crippen LogP contribution in [-0.4, -0.2) is 32.8 Å². The average molecular weight is 466 g/mol. The predicted octanol–water partition coefficient (Wildman–Crippen LogP) is 4.04. The van der Waals surface area contributed by atoms with Crippen molar-refractivity contribution in [2.24, 2.45) is 12.8 Å². The second-order valence-corrected chi connectivity index (χ2v) is 8.07. The molecule has 34 heavy (non-hydrogen) atoms. The first-order chi connectivity index (χ1) is 16.2. The van der Waals surface area contributed by atoms with Crippen molar-refractivity contribution in [1.82, 2.24) is 19.7 Å². The zero-order valence-electron chi connectivity index (χ0n) is 19.2. The highest BCUT2D eigenvalue weighted by atomic mass is 19.1. The molecule has 3 heterocycles.